The Morgan fingerprint density at radius 3 is 0.847 bits per heavy atom. The zero-order valence-corrected chi connectivity index (χ0v) is 63.7. The van der Waals surface area contributed by atoms with Gasteiger partial charge in [0.15, 0.2) is 12.2 Å². The van der Waals surface area contributed by atoms with Crippen molar-refractivity contribution >= 4 is 39.5 Å². The fraction of sp³-hybridized carbons (Fsp3) is 0.772. The molecule has 3 N–H and O–H groups in total. The summed E-state index contributed by atoms with van der Waals surface area (Å²) in [4.78, 5) is 72.8. The Kier molecular flexibility index (Phi) is 68.9. The minimum absolute atomic E-state index is 0.0741. The van der Waals surface area contributed by atoms with E-state index in [1.165, 1.54) is 109 Å². The summed E-state index contributed by atoms with van der Waals surface area (Å²) >= 11 is 0. The molecule has 0 aliphatic rings. The lowest BCUT2D eigenvalue weighted by Crippen LogP contribution is -2.30. The molecule has 2 unspecified atom stereocenters. The number of unbranched alkanes of at least 4 members (excludes halogenated alkanes) is 33. The van der Waals surface area contributed by atoms with Gasteiger partial charge in [0.2, 0.25) is 0 Å². The van der Waals surface area contributed by atoms with Crippen LogP contribution in [0, 0.1) is 0 Å². The van der Waals surface area contributed by atoms with E-state index in [4.69, 9.17) is 37.0 Å². The highest BCUT2D eigenvalue weighted by atomic mass is 31.2. The number of esters is 4. The summed E-state index contributed by atoms with van der Waals surface area (Å²) in [6.45, 7) is 4.75. The van der Waals surface area contributed by atoms with E-state index in [-0.39, 0.29) is 25.7 Å². The highest BCUT2D eigenvalue weighted by Crippen LogP contribution is 2.45. The number of carbonyl (C=O) groups excluding carboxylic acids is 4. The minimum atomic E-state index is -4.98. The Morgan fingerprint density at radius 1 is 0.286 bits per heavy atom. The molecule has 0 amide bonds. The van der Waals surface area contributed by atoms with E-state index in [2.05, 4.69) is 101 Å². The number of rotatable bonds is 73. The first-order valence-corrected chi connectivity index (χ1v) is 41.8. The molecule has 0 aromatic rings. The topological polar surface area (TPSA) is 237 Å². The third kappa shape index (κ3) is 70.7. The van der Waals surface area contributed by atoms with Crippen LogP contribution in [0.5, 0.6) is 0 Å². The molecule has 0 heterocycles. The van der Waals surface area contributed by atoms with E-state index in [1.807, 2.05) is 12.2 Å². The van der Waals surface area contributed by atoms with Gasteiger partial charge in [-0.2, -0.15) is 0 Å². The highest BCUT2D eigenvalue weighted by molar-refractivity contribution is 7.47. The monoisotopic (exact) mass is 1420 g/mol. The molecule has 17 nitrogen and oxygen atoms in total. The molecule has 0 rings (SSSR count). The van der Waals surface area contributed by atoms with Crippen LogP contribution in [0.2, 0.25) is 0 Å². The first-order valence-electron chi connectivity index (χ1n) is 38.8. The van der Waals surface area contributed by atoms with Crippen LogP contribution in [0.1, 0.15) is 336 Å². The number of allylic oxidation sites excluding steroid dienone is 14. The molecular weight excluding hydrogens is 1280 g/mol. The summed E-state index contributed by atoms with van der Waals surface area (Å²) in [7, 11) is -9.96. The van der Waals surface area contributed by atoms with Gasteiger partial charge in [-0.3, -0.25) is 37.3 Å². The molecule has 0 fully saturated rings. The second-order valence-corrected chi connectivity index (χ2v) is 28.8. The van der Waals surface area contributed by atoms with Crippen molar-refractivity contribution in [3.63, 3.8) is 0 Å². The van der Waals surface area contributed by atoms with Gasteiger partial charge in [-0.05, 0) is 141 Å². The lowest BCUT2D eigenvalue weighted by molar-refractivity contribution is -0.161. The van der Waals surface area contributed by atoms with Crippen LogP contribution in [-0.4, -0.2) is 96.7 Å². The Hall–Kier alpha value is -3.76. The minimum Gasteiger partial charge on any atom is -0.462 e. The van der Waals surface area contributed by atoms with Crippen LogP contribution >= 0.6 is 15.6 Å². The molecule has 0 saturated heterocycles. The van der Waals surface area contributed by atoms with Gasteiger partial charge in [0.05, 0.1) is 26.4 Å². The number of phosphoric acid groups is 2. The number of aliphatic hydroxyl groups is 1. The normalized spacial score (nSPS) is 14.4. The number of aliphatic hydroxyl groups excluding tert-OH is 1. The fourth-order valence-corrected chi connectivity index (χ4v) is 11.9. The van der Waals surface area contributed by atoms with E-state index in [9.17, 15) is 43.2 Å². The van der Waals surface area contributed by atoms with Crippen molar-refractivity contribution in [3.8, 4) is 0 Å². The largest absolute Gasteiger partial charge is 0.472 e. The van der Waals surface area contributed by atoms with Gasteiger partial charge in [-0.25, -0.2) is 9.13 Å². The van der Waals surface area contributed by atoms with Gasteiger partial charge in [0.1, 0.15) is 19.3 Å². The molecular formula is C79H140O17P2. The van der Waals surface area contributed by atoms with Crippen LogP contribution in [0.4, 0.5) is 0 Å². The molecule has 0 aromatic heterocycles. The van der Waals surface area contributed by atoms with Gasteiger partial charge in [-0.1, -0.05) is 254 Å². The average molecular weight is 1420 g/mol. The van der Waals surface area contributed by atoms with Gasteiger partial charge >= 0.3 is 39.5 Å². The number of carbonyl (C=O) groups is 4. The van der Waals surface area contributed by atoms with Crippen LogP contribution in [0.25, 0.3) is 0 Å². The zero-order valence-electron chi connectivity index (χ0n) is 62.0. The van der Waals surface area contributed by atoms with Crippen LogP contribution in [-0.2, 0) is 65.4 Å². The smallest absolute Gasteiger partial charge is 0.462 e. The molecule has 5 atom stereocenters. The van der Waals surface area contributed by atoms with Gasteiger partial charge < -0.3 is 33.8 Å². The highest BCUT2D eigenvalue weighted by Gasteiger charge is 2.30. The van der Waals surface area contributed by atoms with Crippen LogP contribution < -0.4 is 0 Å². The summed E-state index contributed by atoms with van der Waals surface area (Å²) in [6.07, 6.45) is 72.9. The van der Waals surface area contributed by atoms with E-state index in [0.717, 1.165) is 141 Å². The number of hydrogen-bond donors (Lipinski definition) is 3. The van der Waals surface area contributed by atoms with Crippen molar-refractivity contribution in [3.05, 3.63) is 85.1 Å². The van der Waals surface area contributed by atoms with Crippen molar-refractivity contribution in [2.45, 2.75) is 354 Å². The quantitative estimate of drug-likeness (QED) is 0.0169. The average Bonchev–Trinajstić information content (AvgIpc) is 0.969. The maximum atomic E-state index is 13.1. The Morgan fingerprint density at radius 2 is 0.510 bits per heavy atom. The van der Waals surface area contributed by atoms with Gasteiger partial charge in [0, 0.05) is 25.7 Å². The van der Waals surface area contributed by atoms with E-state index < -0.39 is 97.5 Å². The van der Waals surface area contributed by atoms with E-state index in [0.29, 0.717) is 32.1 Å². The maximum Gasteiger partial charge on any atom is 0.472 e. The molecule has 0 spiro atoms. The summed E-state index contributed by atoms with van der Waals surface area (Å²) in [5.74, 6) is -2.25. The van der Waals surface area contributed by atoms with E-state index in [1.54, 1.807) is 0 Å². The van der Waals surface area contributed by atoms with Crippen molar-refractivity contribution in [2.75, 3.05) is 39.6 Å². The zero-order chi connectivity index (χ0) is 71.8. The predicted octanol–water partition coefficient (Wildman–Crippen LogP) is 22.2. The molecule has 98 heavy (non-hydrogen) atoms. The third-order valence-corrected chi connectivity index (χ3v) is 18.2. The third-order valence-electron chi connectivity index (χ3n) is 16.3. The summed E-state index contributed by atoms with van der Waals surface area (Å²) in [6, 6.07) is 0. The molecule has 0 bridgehead atoms. The lowest BCUT2D eigenvalue weighted by atomic mass is 10.1. The molecule has 568 valence electrons. The maximum absolute atomic E-state index is 13.1. The second-order valence-electron chi connectivity index (χ2n) is 25.9. The second kappa shape index (κ2) is 71.6. The van der Waals surface area contributed by atoms with Gasteiger partial charge in [0.25, 0.3) is 0 Å². The first-order chi connectivity index (χ1) is 47.7. The van der Waals surface area contributed by atoms with Gasteiger partial charge in [-0.15, -0.1) is 0 Å². The van der Waals surface area contributed by atoms with Crippen molar-refractivity contribution in [1.29, 1.82) is 0 Å². The SMILES string of the molecule is CCCCC/C=C\C/C=C\C/C=C\C/C=C\CCCC(=O)OC[C@H](COP(=O)(O)OC[C@H](O)COP(=O)(O)OC[C@@H](COC(=O)CCCCCCC/C=C\CCCCCCCC)OC(=O)CCCCCCC/C=C\CCCCCC)OC(=O)CCCCCCC/C=C\CCCCCC. The molecule has 0 aromatic carbocycles. The van der Waals surface area contributed by atoms with Crippen molar-refractivity contribution in [1.82, 2.24) is 0 Å². The fourth-order valence-electron chi connectivity index (χ4n) is 10.3. The molecule has 0 saturated carbocycles. The van der Waals surface area contributed by atoms with Crippen molar-refractivity contribution in [2.24, 2.45) is 0 Å². The molecule has 0 radical (unpaired) electrons. The standard InChI is InChI=1S/C79H140O17P2/c1-5-9-13-17-21-25-29-33-35-36-38-42-44-48-52-56-60-64-77(82)90-70-75(96-79(84)66-62-58-54-50-46-40-32-28-24-20-16-12-8-4)72-94-98(87,88)92-68-73(80)67-91-97(85,86)93-71-74(95-78(83)65-61-57-53-49-45-39-31-27-23-19-15-11-7-3)69-89-76(81)63-59-55-51-47-43-41-37-34-30-26-22-18-14-10-6-2/h21,25,27-28,31-35,37-38,42,48,52,73-75,80H,5-20,22-24,26,29-30,36,39-41,43-47,49-51,53-72H2,1-4H3,(H,85,86)(H,87,88)/b25-21-,31-27-,32-28-,35-33-,37-34-,42-38-,52-48-/t73-,74-,75-/m1/s1. The molecule has 19 heteroatoms. The Labute approximate surface area is 595 Å². The number of phosphoric ester groups is 2. The van der Waals surface area contributed by atoms with Crippen molar-refractivity contribution < 1.29 is 80.2 Å². The van der Waals surface area contributed by atoms with E-state index >= 15 is 0 Å². The van der Waals surface area contributed by atoms with Crippen LogP contribution in [0.3, 0.4) is 0 Å². The Balaban J connectivity index is 5.38. The summed E-state index contributed by atoms with van der Waals surface area (Å²) in [5.41, 5.74) is 0. The molecule has 0 aliphatic carbocycles. The van der Waals surface area contributed by atoms with Crippen LogP contribution in [0.15, 0.2) is 85.1 Å². The predicted molar refractivity (Wildman–Crippen MR) is 399 cm³/mol. The molecule has 0 aliphatic heterocycles. The lowest BCUT2D eigenvalue weighted by Gasteiger charge is -2.21. The first kappa shape index (κ1) is 94.2. The summed E-state index contributed by atoms with van der Waals surface area (Å²) in [5, 5.41) is 10.6. The Bertz CT molecular complexity index is 2190. The summed E-state index contributed by atoms with van der Waals surface area (Å²) < 4.78 is 68.4. The number of hydrogen-bond acceptors (Lipinski definition) is 15. The number of ether oxygens (including phenoxy) is 4.